The zero-order valence-corrected chi connectivity index (χ0v) is 30.7. The van der Waals surface area contributed by atoms with Gasteiger partial charge >= 0.3 is 18.3 Å². The molecule has 8 nitrogen and oxygen atoms in total. The SMILES string of the molecule is CCOC(=O)C[C@@H]1NC(=O)C(n2cc(CCN3CC(F)C3)c(C(F)(F)F)cc2=O)c2cccc(c2)Oc2cc(C3CC3)cc(C)c2-c2cc1c(F)c(C(F)(F)F)c2. The highest BCUT2D eigenvalue weighted by Crippen LogP contribution is 2.48. The Hall–Kier alpha value is -5.25. The normalized spacial score (nSPS) is 18.9. The summed E-state index contributed by atoms with van der Waals surface area (Å²) in [6, 6.07) is 7.62. The smallest absolute Gasteiger partial charge is 0.419 e. The van der Waals surface area contributed by atoms with Crippen molar-refractivity contribution in [2.45, 2.75) is 76.1 Å². The van der Waals surface area contributed by atoms with Crippen molar-refractivity contribution in [2.75, 3.05) is 26.2 Å². The van der Waals surface area contributed by atoms with Gasteiger partial charge in [0.1, 0.15) is 29.5 Å². The van der Waals surface area contributed by atoms with E-state index in [1.807, 2.05) is 6.07 Å². The van der Waals surface area contributed by atoms with E-state index in [0.717, 1.165) is 35.2 Å². The maximum absolute atomic E-state index is 16.3. The molecule has 0 spiro atoms. The number of carbonyl (C=O) groups excluding carboxylic acids is 2. The average molecular weight is 804 g/mol. The lowest BCUT2D eigenvalue weighted by molar-refractivity contribution is -0.144. The van der Waals surface area contributed by atoms with Crippen LogP contribution in [0.25, 0.3) is 11.1 Å². The lowest BCUT2D eigenvalue weighted by Crippen LogP contribution is -2.49. The van der Waals surface area contributed by atoms with Crippen molar-refractivity contribution < 1.29 is 54.2 Å². The molecule has 3 heterocycles. The summed E-state index contributed by atoms with van der Waals surface area (Å²) in [6.07, 6.45) is -9.89. The zero-order chi connectivity index (χ0) is 41.0. The fourth-order valence-corrected chi connectivity index (χ4v) is 7.55. The van der Waals surface area contributed by atoms with Crippen LogP contribution in [0.3, 0.4) is 0 Å². The van der Waals surface area contributed by atoms with Gasteiger partial charge in [0.2, 0.25) is 5.91 Å². The largest absolute Gasteiger partial charge is 0.466 e. The first-order valence-electron chi connectivity index (χ1n) is 18.4. The molecule has 1 aromatic heterocycles. The molecule has 3 aromatic carbocycles. The molecule has 1 saturated heterocycles. The number of pyridine rings is 1. The Labute approximate surface area is 321 Å². The van der Waals surface area contributed by atoms with E-state index in [1.165, 1.54) is 31.2 Å². The number of hydrogen-bond donors (Lipinski definition) is 1. The maximum Gasteiger partial charge on any atom is 0.419 e. The lowest BCUT2D eigenvalue weighted by Gasteiger charge is -2.34. The quantitative estimate of drug-likeness (QED) is 0.142. The number of alkyl halides is 7. The summed E-state index contributed by atoms with van der Waals surface area (Å²) >= 11 is 0. The summed E-state index contributed by atoms with van der Waals surface area (Å²) in [5.74, 6) is -3.61. The third-order valence-corrected chi connectivity index (χ3v) is 10.4. The van der Waals surface area contributed by atoms with Gasteiger partial charge in [0, 0.05) is 43.0 Å². The minimum atomic E-state index is -5.25. The molecule has 2 atom stereocenters. The van der Waals surface area contributed by atoms with Crippen LogP contribution in [0.2, 0.25) is 0 Å². The fourth-order valence-electron chi connectivity index (χ4n) is 7.55. The standard InChI is InChI=1S/C41H37F8N3O5/c1-3-56-35(54)17-32-29-13-26(14-31(37(29)43)41(47,48)49)36-21(2)11-25(22-7-8-22)15-33(36)57-28-6-4-5-23(12-28)38(39(55)50-32)52-18-24(9-10-51-19-27(42)20-51)30(16-34(52)53)40(44,45)46/h4-6,11-16,18,22,27,32,38H,3,7-10,17,19-20H2,1-2H3,(H,50,55)/t32-,38?/m0/s1. The number of nitrogens with zero attached hydrogens (tertiary/aromatic N) is 2. The second-order valence-electron chi connectivity index (χ2n) is 14.6. The number of aromatic nitrogens is 1. The van der Waals surface area contributed by atoms with Gasteiger partial charge in [-0.3, -0.25) is 23.9 Å². The third-order valence-electron chi connectivity index (χ3n) is 10.4. The summed E-state index contributed by atoms with van der Waals surface area (Å²) in [7, 11) is 0. The van der Waals surface area contributed by atoms with Crippen LogP contribution < -0.4 is 15.6 Å². The van der Waals surface area contributed by atoms with Gasteiger partial charge < -0.3 is 14.8 Å². The number of carbonyl (C=O) groups is 2. The van der Waals surface area contributed by atoms with Crippen LogP contribution in [0.1, 0.15) is 83.1 Å². The number of aryl methyl sites for hydroxylation is 1. The second-order valence-corrected chi connectivity index (χ2v) is 14.6. The van der Waals surface area contributed by atoms with Crippen molar-refractivity contribution in [3.63, 3.8) is 0 Å². The van der Waals surface area contributed by atoms with E-state index in [4.69, 9.17) is 9.47 Å². The van der Waals surface area contributed by atoms with Crippen LogP contribution in [-0.4, -0.2) is 53.8 Å². The van der Waals surface area contributed by atoms with Crippen molar-refractivity contribution in [2.24, 2.45) is 0 Å². The van der Waals surface area contributed by atoms with Gasteiger partial charge in [-0.1, -0.05) is 18.2 Å². The van der Waals surface area contributed by atoms with E-state index in [2.05, 4.69) is 5.32 Å². The van der Waals surface area contributed by atoms with E-state index in [9.17, 15) is 45.1 Å². The summed E-state index contributed by atoms with van der Waals surface area (Å²) in [4.78, 5) is 42.8. The van der Waals surface area contributed by atoms with E-state index >= 15 is 4.39 Å². The summed E-state index contributed by atoms with van der Waals surface area (Å²) in [5, 5.41) is 2.45. The van der Waals surface area contributed by atoms with Crippen LogP contribution in [0.5, 0.6) is 11.5 Å². The monoisotopic (exact) mass is 803 g/mol. The maximum atomic E-state index is 16.3. The number of nitrogens with one attached hydrogen (secondary N) is 1. The van der Waals surface area contributed by atoms with Crippen molar-refractivity contribution in [1.29, 1.82) is 0 Å². The Bertz CT molecular complexity index is 2280. The second kappa shape index (κ2) is 15.3. The molecule has 302 valence electrons. The molecular weight excluding hydrogens is 766 g/mol. The van der Waals surface area contributed by atoms with Gasteiger partial charge in [-0.25, -0.2) is 8.78 Å². The Morgan fingerprint density at radius 1 is 0.947 bits per heavy atom. The highest BCUT2D eigenvalue weighted by molar-refractivity contribution is 5.85. The minimum absolute atomic E-state index is 0.00231. The fraction of sp³-hybridized carbons (Fsp3) is 0.390. The number of benzene rings is 3. The van der Waals surface area contributed by atoms with Crippen LogP contribution >= 0.6 is 0 Å². The Morgan fingerprint density at radius 2 is 1.67 bits per heavy atom. The Kier molecular flexibility index (Phi) is 10.7. The molecule has 4 aromatic rings. The van der Waals surface area contributed by atoms with Crippen molar-refractivity contribution in [3.8, 4) is 22.6 Å². The lowest BCUT2D eigenvalue weighted by atomic mass is 9.90. The van der Waals surface area contributed by atoms with Crippen LogP contribution in [0.15, 0.2) is 65.6 Å². The first-order valence-corrected chi connectivity index (χ1v) is 18.4. The van der Waals surface area contributed by atoms with Crippen LogP contribution in [-0.2, 0) is 33.1 Å². The van der Waals surface area contributed by atoms with Crippen LogP contribution in [0.4, 0.5) is 35.1 Å². The molecule has 2 aliphatic heterocycles. The number of likely N-dealkylation sites (tertiary alicyclic amines) is 1. The average Bonchev–Trinajstić information content (AvgIpc) is 3.96. The highest BCUT2D eigenvalue weighted by atomic mass is 19.4. The van der Waals surface area contributed by atoms with Crippen molar-refractivity contribution in [1.82, 2.24) is 14.8 Å². The third kappa shape index (κ3) is 8.41. The number of rotatable bonds is 8. The Balaban J connectivity index is 1.46. The minimum Gasteiger partial charge on any atom is -0.466 e. The van der Waals surface area contributed by atoms with Gasteiger partial charge in [0.25, 0.3) is 5.56 Å². The molecule has 7 rings (SSSR count). The molecular formula is C41H37F8N3O5. The predicted molar refractivity (Wildman–Crippen MR) is 191 cm³/mol. The molecule has 1 aliphatic carbocycles. The number of hydrogen-bond acceptors (Lipinski definition) is 6. The summed E-state index contributed by atoms with van der Waals surface area (Å²) in [5.41, 5.74) is -3.93. The molecule has 16 heteroatoms. The van der Waals surface area contributed by atoms with Gasteiger partial charge in [-0.2, -0.15) is 26.3 Å². The first kappa shape index (κ1) is 40.0. The molecule has 2 fully saturated rings. The number of ether oxygens (including phenoxy) is 2. The molecule has 57 heavy (non-hydrogen) atoms. The number of esters is 1. The van der Waals surface area contributed by atoms with Crippen LogP contribution in [0, 0.1) is 12.7 Å². The molecule has 1 N–H and O–H groups in total. The first-order chi connectivity index (χ1) is 26.9. The van der Waals surface area contributed by atoms with Crippen molar-refractivity contribution in [3.05, 3.63) is 116 Å². The number of fused-ring (bicyclic) bond motifs is 6. The highest BCUT2D eigenvalue weighted by Gasteiger charge is 2.40. The topological polar surface area (TPSA) is 89.9 Å². The molecule has 1 amide bonds. The van der Waals surface area contributed by atoms with Gasteiger partial charge in [0.05, 0.1) is 30.2 Å². The van der Waals surface area contributed by atoms with Crippen molar-refractivity contribution >= 4 is 11.9 Å². The zero-order valence-electron chi connectivity index (χ0n) is 30.7. The van der Waals surface area contributed by atoms with Gasteiger partial charge in [-0.15, -0.1) is 0 Å². The van der Waals surface area contributed by atoms with E-state index in [0.29, 0.717) is 17.7 Å². The van der Waals surface area contributed by atoms with E-state index in [-0.39, 0.29) is 72.3 Å². The molecule has 1 unspecified atom stereocenters. The molecule has 4 bridgehead atoms. The van der Waals surface area contributed by atoms with E-state index in [1.54, 1.807) is 17.9 Å². The molecule has 3 aliphatic rings. The Morgan fingerprint density at radius 3 is 2.32 bits per heavy atom. The van der Waals surface area contributed by atoms with Gasteiger partial charge in [0.15, 0.2) is 0 Å². The van der Waals surface area contributed by atoms with E-state index < -0.39 is 77.0 Å². The summed E-state index contributed by atoms with van der Waals surface area (Å²) in [6.45, 7) is 3.00. The van der Waals surface area contributed by atoms with Gasteiger partial charge in [-0.05, 0) is 97.2 Å². The summed E-state index contributed by atoms with van der Waals surface area (Å²) < 4.78 is 129. The molecule has 1 saturated carbocycles. The predicted octanol–water partition coefficient (Wildman–Crippen LogP) is 8.58. The molecule has 0 radical (unpaired) electrons. The number of halogens is 8. The number of amides is 1.